The van der Waals surface area contributed by atoms with Gasteiger partial charge in [-0.15, -0.1) is 0 Å². The van der Waals surface area contributed by atoms with Crippen molar-refractivity contribution in [1.82, 2.24) is 0 Å². The molecule has 0 aliphatic heterocycles. The molecule has 4 rings (SSSR count). The molecule has 13 heteroatoms. The van der Waals surface area contributed by atoms with E-state index >= 15 is 0 Å². The Morgan fingerprint density at radius 3 is 0.881 bits per heavy atom. The molecule has 42 heavy (non-hydrogen) atoms. The van der Waals surface area contributed by atoms with Crippen LogP contribution in [0.15, 0.2) is 117 Å². The zero-order valence-corrected chi connectivity index (χ0v) is 24.9. The molecule has 10 nitrogen and oxygen atoms in total. The Morgan fingerprint density at radius 2 is 0.667 bits per heavy atom. The van der Waals surface area contributed by atoms with Crippen molar-refractivity contribution in [3.8, 4) is 0 Å². The van der Waals surface area contributed by atoms with E-state index in [1.165, 1.54) is 86.6 Å². The van der Waals surface area contributed by atoms with E-state index in [1.807, 2.05) is 0 Å². The molecule has 4 aromatic rings. The average Bonchev–Trinajstić information content (AvgIpc) is 2.93. The highest BCUT2D eigenvalue weighted by molar-refractivity contribution is 7.91. The number of anilines is 4. The van der Waals surface area contributed by atoms with Crippen LogP contribution in [0.5, 0.6) is 0 Å². The lowest BCUT2D eigenvalue weighted by molar-refractivity contribution is -0.115. The summed E-state index contributed by atoms with van der Waals surface area (Å²) < 4.78 is 51.9. The number of amides is 2. The van der Waals surface area contributed by atoms with Gasteiger partial charge >= 0.3 is 0 Å². The van der Waals surface area contributed by atoms with Crippen molar-refractivity contribution in [1.29, 1.82) is 0 Å². The molecule has 0 unspecified atom stereocenters. The lowest BCUT2D eigenvalue weighted by atomic mass is 10.3. The zero-order valence-electron chi connectivity index (χ0n) is 22.4. The fourth-order valence-corrected chi connectivity index (χ4v) is 6.60. The largest absolute Gasteiger partial charge is 0.332 e. The number of hydrogen-bond donors (Lipinski definition) is 4. The molecule has 0 spiro atoms. The molecule has 0 atom stereocenters. The van der Waals surface area contributed by atoms with Crippen molar-refractivity contribution >= 4 is 71.6 Å². The van der Waals surface area contributed by atoms with Gasteiger partial charge in [-0.3, -0.25) is 9.59 Å². The van der Waals surface area contributed by atoms with Crippen LogP contribution in [0.2, 0.25) is 0 Å². The summed E-state index contributed by atoms with van der Waals surface area (Å²) in [7, 11) is -7.55. The van der Waals surface area contributed by atoms with E-state index < -0.39 is 19.7 Å². The predicted octanol–water partition coefficient (Wildman–Crippen LogP) is 5.08. The fourth-order valence-electron chi connectivity index (χ4n) is 3.84. The minimum Gasteiger partial charge on any atom is -0.332 e. The third-order valence-corrected chi connectivity index (χ3v) is 9.59. The molecule has 0 aliphatic rings. The topological polar surface area (TPSA) is 151 Å². The first-order chi connectivity index (χ1) is 19.8. The molecule has 4 aromatic carbocycles. The molecule has 2 amide bonds. The number of benzene rings is 4. The number of rotatable bonds is 8. The Labute approximate surface area is 249 Å². The van der Waals surface area contributed by atoms with Crippen molar-refractivity contribution < 1.29 is 26.4 Å². The Hall–Kier alpha value is -4.59. The number of nitrogens with one attached hydrogen (secondary N) is 4. The standard InChI is InChI=1S/C29H26N4O6S3/c1-19(34)30-21-3-11-25(12-4-21)41(36,37)27-15-7-23(8-16-27)32-29(40)33-24-9-17-28(18-10-24)42(38,39)26-13-5-22(6-14-26)31-20(2)35/h3-18H,1-2H3,(H,30,34)(H,31,35)(H2,32,33,40). The first-order valence-corrected chi connectivity index (χ1v) is 15.8. The molecule has 0 saturated carbocycles. The summed E-state index contributed by atoms with van der Waals surface area (Å²) in [5, 5.41) is 11.3. The molecule has 0 heterocycles. The molecular formula is C29H26N4O6S3. The van der Waals surface area contributed by atoms with Gasteiger partial charge in [0.15, 0.2) is 5.11 Å². The van der Waals surface area contributed by atoms with Crippen LogP contribution in [0.4, 0.5) is 22.7 Å². The van der Waals surface area contributed by atoms with E-state index in [2.05, 4.69) is 21.3 Å². The normalized spacial score (nSPS) is 11.3. The Kier molecular flexibility index (Phi) is 9.05. The highest BCUT2D eigenvalue weighted by Gasteiger charge is 2.19. The number of sulfone groups is 2. The van der Waals surface area contributed by atoms with Gasteiger partial charge < -0.3 is 21.3 Å². The van der Waals surface area contributed by atoms with Crippen LogP contribution in [-0.4, -0.2) is 33.8 Å². The summed E-state index contributed by atoms with van der Waals surface area (Å²) in [5.41, 5.74) is 2.06. The molecule has 216 valence electrons. The Balaban J connectivity index is 1.38. The van der Waals surface area contributed by atoms with E-state index in [9.17, 15) is 26.4 Å². The third kappa shape index (κ3) is 7.37. The average molecular weight is 623 g/mol. The quantitative estimate of drug-likeness (QED) is 0.197. The van der Waals surface area contributed by atoms with Crippen LogP contribution in [0.1, 0.15) is 13.8 Å². The van der Waals surface area contributed by atoms with E-state index in [0.29, 0.717) is 22.7 Å². The van der Waals surface area contributed by atoms with Crippen molar-refractivity contribution in [2.24, 2.45) is 0 Å². The summed E-state index contributed by atoms with van der Waals surface area (Å²) >= 11 is 5.35. The summed E-state index contributed by atoms with van der Waals surface area (Å²) in [6.45, 7) is 2.73. The summed E-state index contributed by atoms with van der Waals surface area (Å²) in [6.07, 6.45) is 0. The van der Waals surface area contributed by atoms with Gasteiger partial charge in [-0.2, -0.15) is 0 Å². The monoisotopic (exact) mass is 622 g/mol. The second-order valence-corrected chi connectivity index (χ2v) is 13.4. The smallest absolute Gasteiger partial charge is 0.221 e. The maximum absolute atomic E-state index is 13.0. The highest BCUT2D eigenvalue weighted by atomic mass is 32.2. The van der Waals surface area contributed by atoms with Crippen LogP contribution in [-0.2, 0) is 29.3 Å². The Bertz CT molecular complexity index is 1700. The van der Waals surface area contributed by atoms with Gasteiger partial charge in [-0.05, 0) is 109 Å². The number of carbonyl (C=O) groups is 2. The van der Waals surface area contributed by atoms with E-state index in [0.717, 1.165) is 0 Å². The van der Waals surface area contributed by atoms with Crippen LogP contribution in [0.25, 0.3) is 0 Å². The molecule has 0 aliphatic carbocycles. The first-order valence-electron chi connectivity index (χ1n) is 12.4. The minimum atomic E-state index is -3.78. The van der Waals surface area contributed by atoms with E-state index in [1.54, 1.807) is 24.3 Å². The second kappa shape index (κ2) is 12.5. The summed E-state index contributed by atoms with van der Waals surface area (Å²) in [6, 6.07) is 23.8. The molecule has 0 radical (unpaired) electrons. The van der Waals surface area contributed by atoms with Gasteiger partial charge in [0.05, 0.1) is 19.6 Å². The minimum absolute atomic E-state index is 0.0840. The van der Waals surface area contributed by atoms with E-state index in [4.69, 9.17) is 12.2 Å². The fraction of sp³-hybridized carbons (Fsp3) is 0.0690. The van der Waals surface area contributed by atoms with Gasteiger partial charge in [0.1, 0.15) is 0 Å². The molecule has 4 N–H and O–H groups in total. The number of carbonyl (C=O) groups excluding carboxylic acids is 2. The van der Waals surface area contributed by atoms with E-state index in [-0.39, 0.29) is 36.5 Å². The Morgan fingerprint density at radius 1 is 0.452 bits per heavy atom. The second-order valence-electron chi connectivity index (χ2n) is 9.05. The molecular weight excluding hydrogens is 597 g/mol. The molecule has 0 aromatic heterocycles. The van der Waals surface area contributed by atoms with Gasteiger partial charge in [0.25, 0.3) is 0 Å². The van der Waals surface area contributed by atoms with Crippen molar-refractivity contribution in [3.05, 3.63) is 97.1 Å². The maximum atomic E-state index is 13.0. The number of thiocarbonyl (C=S) groups is 1. The van der Waals surface area contributed by atoms with Crippen LogP contribution in [0, 0.1) is 0 Å². The maximum Gasteiger partial charge on any atom is 0.221 e. The molecule has 0 bridgehead atoms. The van der Waals surface area contributed by atoms with Gasteiger partial charge in [0.2, 0.25) is 31.5 Å². The van der Waals surface area contributed by atoms with Crippen molar-refractivity contribution in [2.45, 2.75) is 33.4 Å². The molecule has 0 saturated heterocycles. The van der Waals surface area contributed by atoms with Crippen LogP contribution >= 0.6 is 12.2 Å². The zero-order chi connectivity index (χ0) is 30.5. The van der Waals surface area contributed by atoms with Crippen molar-refractivity contribution in [2.75, 3.05) is 21.3 Å². The predicted molar refractivity (Wildman–Crippen MR) is 165 cm³/mol. The third-order valence-electron chi connectivity index (χ3n) is 5.81. The van der Waals surface area contributed by atoms with Gasteiger partial charge in [0, 0.05) is 36.6 Å². The highest BCUT2D eigenvalue weighted by Crippen LogP contribution is 2.25. The van der Waals surface area contributed by atoms with Crippen LogP contribution in [0.3, 0.4) is 0 Å². The number of hydrogen-bond acceptors (Lipinski definition) is 7. The first kappa shape index (κ1) is 30.4. The summed E-state index contributed by atoms with van der Waals surface area (Å²) in [5.74, 6) is -0.511. The van der Waals surface area contributed by atoms with Gasteiger partial charge in [-0.1, -0.05) is 0 Å². The molecule has 0 fully saturated rings. The van der Waals surface area contributed by atoms with Gasteiger partial charge in [-0.25, -0.2) is 16.8 Å². The summed E-state index contributed by atoms with van der Waals surface area (Å²) in [4.78, 5) is 22.7. The van der Waals surface area contributed by atoms with Crippen molar-refractivity contribution in [3.63, 3.8) is 0 Å². The lowest BCUT2D eigenvalue weighted by Crippen LogP contribution is -2.19. The lowest BCUT2D eigenvalue weighted by Gasteiger charge is -2.12. The SMILES string of the molecule is CC(=O)Nc1ccc(S(=O)(=O)c2ccc(NC(=S)Nc3ccc(S(=O)(=O)c4ccc(NC(C)=O)cc4)cc3)cc2)cc1. The van der Waals surface area contributed by atoms with Crippen LogP contribution < -0.4 is 21.3 Å².